The number of allylic oxidation sites excluding steroid dienone is 4. The van der Waals surface area contributed by atoms with Gasteiger partial charge >= 0.3 is 6.09 Å². The van der Waals surface area contributed by atoms with Gasteiger partial charge in [0.2, 0.25) is 0 Å². The SMILES string of the molecule is C/C=C(\C=C(/C)Cl)c1cc(C2CCCCN2C(=O)OC(C)(C)C)no1.CC. The van der Waals surface area contributed by atoms with Crippen molar-refractivity contribution in [1.82, 2.24) is 10.1 Å². The van der Waals surface area contributed by atoms with Crippen molar-refractivity contribution in [3.63, 3.8) is 0 Å². The second-order valence-corrected chi connectivity index (χ2v) is 7.87. The normalized spacial score (nSPS) is 18.7. The number of carbonyl (C=O) groups excluding carboxylic acids is 1. The Balaban J connectivity index is 0.00000176. The maximum Gasteiger partial charge on any atom is 0.410 e. The molecule has 1 saturated heterocycles. The van der Waals surface area contributed by atoms with E-state index >= 15 is 0 Å². The summed E-state index contributed by atoms with van der Waals surface area (Å²) in [6.45, 7) is 14.0. The number of amides is 1. The summed E-state index contributed by atoms with van der Waals surface area (Å²) in [5.41, 5.74) is 1.10. The number of rotatable bonds is 3. The quantitative estimate of drug-likeness (QED) is 0.532. The molecule has 0 aliphatic carbocycles. The molecule has 1 fully saturated rings. The monoisotopic (exact) mass is 396 g/mol. The van der Waals surface area contributed by atoms with Crippen LogP contribution in [0.5, 0.6) is 0 Å². The van der Waals surface area contributed by atoms with Crippen LogP contribution in [0.25, 0.3) is 5.57 Å². The van der Waals surface area contributed by atoms with Gasteiger partial charge < -0.3 is 9.26 Å². The fraction of sp³-hybridized carbons (Fsp3) is 0.619. The first-order valence-corrected chi connectivity index (χ1v) is 10.1. The third kappa shape index (κ3) is 7.06. The average Bonchev–Trinajstić information content (AvgIpc) is 3.09. The van der Waals surface area contributed by atoms with Gasteiger partial charge in [0, 0.05) is 23.2 Å². The molecule has 1 atom stereocenters. The van der Waals surface area contributed by atoms with E-state index in [0.29, 0.717) is 17.3 Å². The number of ether oxygens (including phenoxy) is 1. The summed E-state index contributed by atoms with van der Waals surface area (Å²) < 4.78 is 11.0. The Morgan fingerprint density at radius 1 is 1.37 bits per heavy atom. The number of aromatic nitrogens is 1. The molecule has 1 aromatic heterocycles. The second-order valence-electron chi connectivity index (χ2n) is 7.28. The minimum atomic E-state index is -0.519. The van der Waals surface area contributed by atoms with Gasteiger partial charge in [0.15, 0.2) is 5.76 Å². The first-order valence-electron chi connectivity index (χ1n) is 9.68. The van der Waals surface area contributed by atoms with Crippen LogP contribution >= 0.6 is 11.6 Å². The average molecular weight is 397 g/mol. The molecule has 1 unspecified atom stereocenters. The lowest BCUT2D eigenvalue weighted by Gasteiger charge is -2.35. The Morgan fingerprint density at radius 3 is 2.59 bits per heavy atom. The summed E-state index contributed by atoms with van der Waals surface area (Å²) in [6, 6.07) is 1.76. The van der Waals surface area contributed by atoms with Crippen molar-refractivity contribution in [2.45, 2.75) is 79.4 Å². The first kappa shape index (κ1) is 23.3. The number of halogens is 1. The molecule has 2 heterocycles. The van der Waals surface area contributed by atoms with Crippen LogP contribution in [0.3, 0.4) is 0 Å². The van der Waals surface area contributed by atoms with E-state index in [4.69, 9.17) is 20.9 Å². The third-order valence-electron chi connectivity index (χ3n) is 3.95. The van der Waals surface area contributed by atoms with E-state index in [9.17, 15) is 4.79 Å². The lowest BCUT2D eigenvalue weighted by Crippen LogP contribution is -2.42. The molecule has 0 bridgehead atoms. The highest BCUT2D eigenvalue weighted by molar-refractivity contribution is 6.29. The fourth-order valence-electron chi connectivity index (χ4n) is 2.87. The van der Waals surface area contributed by atoms with Gasteiger partial charge in [-0.25, -0.2) is 4.79 Å². The Kier molecular flexibility index (Phi) is 9.10. The second kappa shape index (κ2) is 10.5. The van der Waals surface area contributed by atoms with E-state index in [1.54, 1.807) is 4.90 Å². The number of nitrogens with zero attached hydrogens (tertiary/aromatic N) is 2. The minimum absolute atomic E-state index is 0.125. The predicted molar refractivity (Wildman–Crippen MR) is 111 cm³/mol. The summed E-state index contributed by atoms with van der Waals surface area (Å²) in [6.07, 6.45) is 6.31. The van der Waals surface area contributed by atoms with Crippen LogP contribution in [-0.2, 0) is 4.74 Å². The summed E-state index contributed by atoms with van der Waals surface area (Å²) in [4.78, 5) is 14.3. The Hall–Kier alpha value is -1.75. The van der Waals surface area contributed by atoms with E-state index in [1.165, 1.54) is 0 Å². The molecule has 2 rings (SSSR count). The van der Waals surface area contributed by atoms with E-state index in [0.717, 1.165) is 30.5 Å². The molecular formula is C21H33ClN2O3. The molecule has 0 saturated carbocycles. The molecule has 0 radical (unpaired) electrons. The summed E-state index contributed by atoms with van der Waals surface area (Å²) in [5, 5.41) is 4.87. The highest BCUT2D eigenvalue weighted by atomic mass is 35.5. The Bertz CT molecular complexity index is 667. The molecule has 5 nitrogen and oxygen atoms in total. The van der Waals surface area contributed by atoms with Gasteiger partial charge in [-0.2, -0.15) is 0 Å². The third-order valence-corrected chi connectivity index (χ3v) is 4.06. The van der Waals surface area contributed by atoms with Crippen LogP contribution in [0.15, 0.2) is 27.8 Å². The molecule has 1 aliphatic heterocycles. The summed E-state index contributed by atoms with van der Waals surface area (Å²) in [7, 11) is 0. The highest BCUT2D eigenvalue weighted by Gasteiger charge is 2.33. The van der Waals surface area contributed by atoms with Crippen LogP contribution in [0.4, 0.5) is 4.79 Å². The number of piperidine rings is 1. The van der Waals surface area contributed by atoms with E-state index in [2.05, 4.69) is 5.16 Å². The molecule has 0 N–H and O–H groups in total. The molecule has 1 aliphatic rings. The fourth-order valence-corrected chi connectivity index (χ4v) is 2.99. The van der Waals surface area contributed by atoms with E-state index < -0.39 is 5.60 Å². The lowest BCUT2D eigenvalue weighted by atomic mass is 9.99. The standard InChI is InChI=1S/C19H27ClN2O3.C2H6/c1-6-14(11-13(2)20)17-12-15(21-25-17)16-9-7-8-10-22(16)18(23)24-19(3,4)5;1-2/h6,11-12,16H,7-10H2,1-5H3;1-2H3/b13-11+,14-6+;. The minimum Gasteiger partial charge on any atom is -0.444 e. The zero-order chi connectivity index (χ0) is 20.6. The number of hydrogen-bond acceptors (Lipinski definition) is 4. The van der Waals surface area contributed by atoms with Gasteiger partial charge in [-0.1, -0.05) is 36.7 Å². The smallest absolute Gasteiger partial charge is 0.410 e. The molecular weight excluding hydrogens is 364 g/mol. The maximum atomic E-state index is 12.5. The van der Waals surface area contributed by atoms with Crippen molar-refractivity contribution in [1.29, 1.82) is 0 Å². The van der Waals surface area contributed by atoms with Crippen LogP contribution in [0.2, 0.25) is 0 Å². The van der Waals surface area contributed by atoms with Crippen LogP contribution < -0.4 is 0 Å². The van der Waals surface area contributed by atoms with Gasteiger partial charge in [0.05, 0.1) is 6.04 Å². The van der Waals surface area contributed by atoms with E-state index in [-0.39, 0.29) is 12.1 Å². The van der Waals surface area contributed by atoms with Crippen molar-refractivity contribution in [3.05, 3.63) is 34.7 Å². The van der Waals surface area contributed by atoms with Crippen molar-refractivity contribution in [2.24, 2.45) is 0 Å². The number of carbonyl (C=O) groups is 1. The lowest BCUT2D eigenvalue weighted by molar-refractivity contribution is 0.00869. The summed E-state index contributed by atoms with van der Waals surface area (Å²) >= 11 is 5.97. The summed E-state index contributed by atoms with van der Waals surface area (Å²) in [5.74, 6) is 0.646. The van der Waals surface area contributed by atoms with Gasteiger partial charge in [0.25, 0.3) is 0 Å². The molecule has 1 amide bonds. The Morgan fingerprint density at radius 2 is 2.04 bits per heavy atom. The molecule has 152 valence electrons. The molecule has 27 heavy (non-hydrogen) atoms. The molecule has 6 heteroatoms. The topological polar surface area (TPSA) is 55.6 Å². The maximum absolute atomic E-state index is 12.5. The van der Waals surface area contributed by atoms with Gasteiger partial charge in [-0.05, 0) is 60.0 Å². The van der Waals surface area contributed by atoms with Crippen LogP contribution in [-0.4, -0.2) is 28.3 Å². The van der Waals surface area contributed by atoms with Gasteiger partial charge in [-0.3, -0.25) is 4.90 Å². The highest BCUT2D eigenvalue weighted by Crippen LogP contribution is 2.33. The van der Waals surface area contributed by atoms with E-state index in [1.807, 2.05) is 66.7 Å². The number of likely N-dealkylation sites (tertiary alicyclic amines) is 1. The largest absolute Gasteiger partial charge is 0.444 e. The van der Waals surface area contributed by atoms with Crippen LogP contribution in [0, 0.1) is 0 Å². The zero-order valence-corrected chi connectivity index (χ0v) is 18.4. The van der Waals surface area contributed by atoms with Crippen molar-refractivity contribution >= 4 is 23.3 Å². The zero-order valence-electron chi connectivity index (χ0n) is 17.6. The Labute approximate surface area is 168 Å². The molecule has 1 aromatic rings. The van der Waals surface area contributed by atoms with Gasteiger partial charge in [0.1, 0.15) is 11.3 Å². The molecule has 0 aromatic carbocycles. The number of hydrogen-bond donors (Lipinski definition) is 0. The van der Waals surface area contributed by atoms with Crippen molar-refractivity contribution < 1.29 is 14.1 Å². The first-order chi connectivity index (χ1) is 12.7. The van der Waals surface area contributed by atoms with Crippen molar-refractivity contribution in [2.75, 3.05) is 6.54 Å². The van der Waals surface area contributed by atoms with Gasteiger partial charge in [-0.15, -0.1) is 0 Å². The van der Waals surface area contributed by atoms with Crippen LogP contribution in [0.1, 0.15) is 85.2 Å². The predicted octanol–water partition coefficient (Wildman–Crippen LogP) is 6.71. The molecule has 0 spiro atoms. The van der Waals surface area contributed by atoms with Crippen molar-refractivity contribution in [3.8, 4) is 0 Å².